The van der Waals surface area contributed by atoms with Gasteiger partial charge in [0.25, 0.3) is 5.56 Å². The smallest absolute Gasteiger partial charge is 0.287 e. The number of thiophene rings is 1. The molecule has 144 valence electrons. The van der Waals surface area contributed by atoms with Crippen LogP contribution in [0.4, 0.5) is 4.39 Å². The molecule has 0 atom stereocenters. The summed E-state index contributed by atoms with van der Waals surface area (Å²) in [4.78, 5) is 30.9. The van der Waals surface area contributed by atoms with Gasteiger partial charge in [-0.05, 0) is 41.5 Å². The van der Waals surface area contributed by atoms with Gasteiger partial charge in [0.15, 0.2) is 0 Å². The molecule has 0 aliphatic heterocycles. The summed E-state index contributed by atoms with van der Waals surface area (Å²) < 4.78 is 16.0. The van der Waals surface area contributed by atoms with Crippen LogP contribution in [0.25, 0.3) is 10.2 Å². The molecule has 0 saturated heterocycles. The largest absolute Gasteiger partial charge is 0.332 e. The first-order valence-electron chi connectivity index (χ1n) is 8.88. The molecule has 5 nitrogen and oxygen atoms in total. The minimum Gasteiger partial charge on any atom is -0.287 e. The average Bonchev–Trinajstić information content (AvgIpc) is 3.15. The minimum absolute atomic E-state index is 0.0120. The van der Waals surface area contributed by atoms with E-state index in [4.69, 9.17) is 0 Å². The fourth-order valence-corrected chi connectivity index (χ4v) is 4.02. The SMILES string of the molecule is Cn1c(=O)n(Cc2cccc(F)c2)c(=O)c2cc(C#CCc3ccncc3)sc21. The van der Waals surface area contributed by atoms with Crippen LogP contribution in [0.3, 0.4) is 0 Å². The molecule has 0 saturated carbocycles. The zero-order valence-electron chi connectivity index (χ0n) is 15.6. The number of pyridine rings is 1. The molecule has 0 aliphatic carbocycles. The van der Waals surface area contributed by atoms with E-state index in [-0.39, 0.29) is 6.54 Å². The zero-order valence-corrected chi connectivity index (χ0v) is 16.4. The van der Waals surface area contributed by atoms with Crippen LogP contribution in [0, 0.1) is 17.7 Å². The van der Waals surface area contributed by atoms with Gasteiger partial charge in [-0.3, -0.25) is 18.9 Å². The summed E-state index contributed by atoms with van der Waals surface area (Å²) in [5.74, 6) is 5.75. The third kappa shape index (κ3) is 3.89. The Hall–Kier alpha value is -3.50. The molecule has 3 heterocycles. The molecule has 0 radical (unpaired) electrons. The Morgan fingerprint density at radius 3 is 2.66 bits per heavy atom. The third-order valence-electron chi connectivity index (χ3n) is 4.49. The van der Waals surface area contributed by atoms with Crippen molar-refractivity contribution in [1.82, 2.24) is 14.1 Å². The lowest BCUT2D eigenvalue weighted by atomic mass is 10.2. The highest BCUT2D eigenvalue weighted by Gasteiger charge is 2.14. The maximum atomic E-state index is 13.5. The van der Waals surface area contributed by atoms with Gasteiger partial charge in [-0.1, -0.05) is 24.0 Å². The van der Waals surface area contributed by atoms with E-state index in [1.54, 1.807) is 37.6 Å². The molecule has 4 aromatic rings. The Balaban J connectivity index is 1.72. The quantitative estimate of drug-likeness (QED) is 0.493. The van der Waals surface area contributed by atoms with Crippen LogP contribution in [0.15, 0.2) is 64.4 Å². The molecule has 0 unspecified atom stereocenters. The molecule has 7 heteroatoms. The van der Waals surface area contributed by atoms with Crippen molar-refractivity contribution in [1.29, 1.82) is 0 Å². The van der Waals surface area contributed by atoms with Gasteiger partial charge in [0.2, 0.25) is 0 Å². The van der Waals surface area contributed by atoms with Crippen molar-refractivity contribution in [3.05, 3.63) is 97.5 Å². The monoisotopic (exact) mass is 405 g/mol. The zero-order chi connectivity index (χ0) is 20.4. The number of aromatic nitrogens is 3. The lowest BCUT2D eigenvalue weighted by Crippen LogP contribution is -2.38. The minimum atomic E-state index is -0.440. The van der Waals surface area contributed by atoms with Gasteiger partial charge in [0.05, 0.1) is 16.8 Å². The first-order valence-corrected chi connectivity index (χ1v) is 9.70. The van der Waals surface area contributed by atoms with Crippen molar-refractivity contribution in [3.63, 3.8) is 0 Å². The van der Waals surface area contributed by atoms with Crippen molar-refractivity contribution >= 4 is 21.6 Å². The number of hydrogen-bond acceptors (Lipinski definition) is 4. The standard InChI is InChI=1S/C22H16FN3O2S/c1-25-21-19(13-18(29-21)7-3-4-15-8-10-24-11-9-15)20(27)26(22(25)28)14-16-5-2-6-17(23)12-16/h2,5-6,8-13H,4,14H2,1H3. The fraction of sp³-hybridized carbons (Fsp3) is 0.136. The van der Waals surface area contributed by atoms with Crippen LogP contribution >= 0.6 is 11.3 Å². The Bertz CT molecular complexity index is 1370. The number of halogens is 1. The van der Waals surface area contributed by atoms with Gasteiger partial charge in [-0.25, -0.2) is 9.18 Å². The Labute approximate surface area is 169 Å². The summed E-state index contributed by atoms with van der Waals surface area (Å²) in [5, 5.41) is 0.432. The molecule has 0 bridgehead atoms. The molecule has 0 fully saturated rings. The maximum absolute atomic E-state index is 13.5. The van der Waals surface area contributed by atoms with E-state index in [0.29, 0.717) is 27.1 Å². The van der Waals surface area contributed by atoms with Crippen molar-refractivity contribution in [2.75, 3.05) is 0 Å². The van der Waals surface area contributed by atoms with Gasteiger partial charge in [0.1, 0.15) is 10.6 Å². The molecule has 0 spiro atoms. The summed E-state index contributed by atoms with van der Waals surface area (Å²) in [5.41, 5.74) is 0.769. The van der Waals surface area contributed by atoms with Crippen molar-refractivity contribution in [2.24, 2.45) is 7.05 Å². The number of benzene rings is 1. The fourth-order valence-electron chi connectivity index (χ4n) is 3.04. The highest BCUT2D eigenvalue weighted by Crippen LogP contribution is 2.21. The Morgan fingerprint density at radius 1 is 1.10 bits per heavy atom. The van der Waals surface area contributed by atoms with E-state index in [1.807, 2.05) is 12.1 Å². The first-order chi connectivity index (χ1) is 14.0. The molecule has 3 aromatic heterocycles. The van der Waals surface area contributed by atoms with Crippen molar-refractivity contribution < 1.29 is 4.39 Å². The second kappa shape index (κ2) is 7.86. The van der Waals surface area contributed by atoms with E-state index < -0.39 is 17.1 Å². The summed E-state index contributed by atoms with van der Waals surface area (Å²) >= 11 is 1.31. The van der Waals surface area contributed by atoms with Gasteiger partial charge < -0.3 is 0 Å². The normalized spacial score (nSPS) is 10.7. The number of nitrogens with zero attached hydrogens (tertiary/aromatic N) is 3. The van der Waals surface area contributed by atoms with Gasteiger partial charge in [-0.2, -0.15) is 0 Å². The van der Waals surface area contributed by atoms with Crippen LogP contribution in [-0.4, -0.2) is 14.1 Å². The molecular formula is C22H16FN3O2S. The highest BCUT2D eigenvalue weighted by atomic mass is 32.1. The molecular weight excluding hydrogens is 389 g/mol. The second-order valence-electron chi connectivity index (χ2n) is 6.53. The third-order valence-corrected chi connectivity index (χ3v) is 5.62. The van der Waals surface area contributed by atoms with Crippen LogP contribution in [0.5, 0.6) is 0 Å². The topological polar surface area (TPSA) is 56.9 Å². The second-order valence-corrected chi connectivity index (χ2v) is 7.56. The number of aryl methyl sites for hydroxylation is 1. The van der Waals surface area contributed by atoms with E-state index in [0.717, 1.165) is 10.1 Å². The molecule has 29 heavy (non-hydrogen) atoms. The number of rotatable bonds is 3. The van der Waals surface area contributed by atoms with Gasteiger partial charge in [0, 0.05) is 25.9 Å². The van der Waals surface area contributed by atoms with Crippen molar-refractivity contribution in [3.8, 4) is 11.8 Å². The molecule has 0 N–H and O–H groups in total. The lowest BCUT2D eigenvalue weighted by Gasteiger charge is -2.08. The van der Waals surface area contributed by atoms with Crippen LogP contribution < -0.4 is 11.2 Å². The van der Waals surface area contributed by atoms with Gasteiger partial charge >= 0.3 is 5.69 Å². The Morgan fingerprint density at radius 2 is 1.90 bits per heavy atom. The molecule has 4 rings (SSSR count). The summed E-state index contributed by atoms with van der Waals surface area (Å²) in [6.07, 6.45) is 4.00. The number of fused-ring (bicyclic) bond motifs is 1. The van der Waals surface area contributed by atoms with E-state index in [1.165, 1.54) is 28.0 Å². The summed E-state index contributed by atoms with van der Waals surface area (Å²) in [7, 11) is 1.62. The van der Waals surface area contributed by atoms with Crippen LogP contribution in [-0.2, 0) is 20.0 Å². The first kappa shape index (κ1) is 18.8. The molecule has 0 aliphatic rings. The van der Waals surface area contributed by atoms with Crippen LogP contribution in [0.2, 0.25) is 0 Å². The maximum Gasteiger partial charge on any atom is 0.332 e. The summed E-state index contributed by atoms with van der Waals surface area (Å²) in [6.45, 7) is 0.0120. The van der Waals surface area contributed by atoms with Crippen LogP contribution in [0.1, 0.15) is 16.0 Å². The predicted molar refractivity (Wildman–Crippen MR) is 112 cm³/mol. The van der Waals surface area contributed by atoms with E-state index in [9.17, 15) is 14.0 Å². The van der Waals surface area contributed by atoms with E-state index >= 15 is 0 Å². The Kier molecular flexibility index (Phi) is 5.10. The number of hydrogen-bond donors (Lipinski definition) is 0. The molecule has 0 amide bonds. The average molecular weight is 405 g/mol. The lowest BCUT2D eigenvalue weighted by molar-refractivity contribution is 0.618. The van der Waals surface area contributed by atoms with Crippen molar-refractivity contribution in [2.45, 2.75) is 13.0 Å². The summed E-state index contributed by atoms with van der Waals surface area (Å²) in [6, 6.07) is 11.4. The van der Waals surface area contributed by atoms with Gasteiger partial charge in [-0.15, -0.1) is 11.3 Å². The predicted octanol–water partition coefficient (Wildman–Crippen LogP) is 2.94. The highest BCUT2D eigenvalue weighted by molar-refractivity contribution is 7.19. The van der Waals surface area contributed by atoms with E-state index in [2.05, 4.69) is 16.8 Å². The molecule has 1 aromatic carbocycles.